The number of ether oxygens (including phenoxy) is 1. The van der Waals surface area contributed by atoms with Crippen molar-refractivity contribution in [3.05, 3.63) is 15.6 Å². The van der Waals surface area contributed by atoms with Gasteiger partial charge in [-0.05, 0) is 6.42 Å². The van der Waals surface area contributed by atoms with E-state index in [0.717, 1.165) is 31.6 Å². The second kappa shape index (κ2) is 5.34. The summed E-state index contributed by atoms with van der Waals surface area (Å²) in [5.41, 5.74) is 1.11. The van der Waals surface area contributed by atoms with Crippen molar-refractivity contribution in [2.24, 2.45) is 0 Å². The number of morpholine rings is 1. The van der Waals surface area contributed by atoms with E-state index < -0.39 is 0 Å². The zero-order valence-corrected chi connectivity index (χ0v) is 11.1. The van der Waals surface area contributed by atoms with E-state index in [1.807, 2.05) is 4.90 Å². The lowest BCUT2D eigenvalue weighted by atomic mass is 10.2. The quantitative estimate of drug-likeness (QED) is 0.795. The Balaban J connectivity index is 1.77. The molecule has 1 fully saturated rings. The number of rotatable bonds is 1. The standard InChI is InChI=1S/C12H17N3O2S/c16-12(15-5-7-17-8-6-15)11-14-9-1-3-13-4-2-10(9)18-11/h13H,1-8H2. The molecule has 2 aliphatic rings. The van der Waals surface area contributed by atoms with Gasteiger partial charge < -0.3 is 15.0 Å². The van der Waals surface area contributed by atoms with E-state index in [1.54, 1.807) is 11.3 Å². The Morgan fingerprint density at radius 1 is 1.28 bits per heavy atom. The Labute approximate surface area is 110 Å². The van der Waals surface area contributed by atoms with Gasteiger partial charge >= 0.3 is 0 Å². The Hall–Kier alpha value is -0.980. The first kappa shape index (κ1) is 12.1. The summed E-state index contributed by atoms with van der Waals surface area (Å²) in [6, 6.07) is 0. The van der Waals surface area contributed by atoms with Crippen LogP contribution in [-0.2, 0) is 17.6 Å². The molecule has 3 heterocycles. The van der Waals surface area contributed by atoms with Crippen LogP contribution in [0.5, 0.6) is 0 Å². The first-order chi connectivity index (χ1) is 8.84. The number of hydrogen-bond donors (Lipinski definition) is 1. The van der Waals surface area contributed by atoms with Crippen molar-refractivity contribution in [3.8, 4) is 0 Å². The lowest BCUT2D eigenvalue weighted by Crippen LogP contribution is -2.40. The molecule has 0 atom stereocenters. The number of amides is 1. The summed E-state index contributed by atoms with van der Waals surface area (Å²) >= 11 is 1.57. The molecule has 2 aliphatic heterocycles. The Morgan fingerprint density at radius 2 is 2.06 bits per heavy atom. The van der Waals surface area contributed by atoms with Gasteiger partial charge in [-0.15, -0.1) is 11.3 Å². The van der Waals surface area contributed by atoms with Gasteiger partial charge in [0.15, 0.2) is 5.01 Å². The number of nitrogens with zero attached hydrogens (tertiary/aromatic N) is 2. The molecule has 0 bridgehead atoms. The maximum atomic E-state index is 12.3. The van der Waals surface area contributed by atoms with E-state index in [2.05, 4.69) is 10.3 Å². The van der Waals surface area contributed by atoms with E-state index in [1.165, 1.54) is 4.88 Å². The zero-order chi connectivity index (χ0) is 12.4. The number of carbonyl (C=O) groups excluding carboxylic acids is 1. The zero-order valence-electron chi connectivity index (χ0n) is 10.3. The molecule has 98 valence electrons. The minimum atomic E-state index is 0.0735. The average Bonchev–Trinajstić information content (AvgIpc) is 2.70. The van der Waals surface area contributed by atoms with Crippen LogP contribution in [-0.4, -0.2) is 55.2 Å². The lowest BCUT2D eigenvalue weighted by Gasteiger charge is -2.25. The number of carbonyl (C=O) groups is 1. The molecule has 1 amide bonds. The number of thiazole rings is 1. The van der Waals surface area contributed by atoms with Gasteiger partial charge in [0.2, 0.25) is 0 Å². The summed E-state index contributed by atoms with van der Waals surface area (Å²) in [6.07, 6.45) is 1.92. The van der Waals surface area contributed by atoms with Crippen molar-refractivity contribution >= 4 is 17.2 Å². The van der Waals surface area contributed by atoms with Gasteiger partial charge in [0.05, 0.1) is 18.9 Å². The molecule has 1 aromatic heterocycles. The Bertz CT molecular complexity index is 417. The third-order valence-corrected chi connectivity index (χ3v) is 4.47. The number of hydrogen-bond acceptors (Lipinski definition) is 5. The van der Waals surface area contributed by atoms with Gasteiger partial charge in [0.1, 0.15) is 0 Å². The largest absolute Gasteiger partial charge is 0.378 e. The second-order valence-electron chi connectivity index (χ2n) is 4.54. The molecule has 0 saturated carbocycles. The van der Waals surface area contributed by atoms with Crippen LogP contribution in [0.25, 0.3) is 0 Å². The Kier molecular flexibility index (Phi) is 3.58. The molecule has 6 heteroatoms. The summed E-state index contributed by atoms with van der Waals surface area (Å²) in [4.78, 5) is 20.0. The third kappa shape index (κ3) is 2.41. The van der Waals surface area contributed by atoms with Gasteiger partial charge in [0, 0.05) is 37.5 Å². The molecule has 1 N–H and O–H groups in total. The van der Waals surface area contributed by atoms with Crippen LogP contribution in [0.15, 0.2) is 0 Å². The fraction of sp³-hybridized carbons (Fsp3) is 0.667. The van der Waals surface area contributed by atoms with Gasteiger partial charge in [-0.1, -0.05) is 0 Å². The van der Waals surface area contributed by atoms with Crippen molar-refractivity contribution < 1.29 is 9.53 Å². The van der Waals surface area contributed by atoms with Crippen LogP contribution < -0.4 is 5.32 Å². The minimum Gasteiger partial charge on any atom is -0.378 e. The van der Waals surface area contributed by atoms with E-state index >= 15 is 0 Å². The summed E-state index contributed by atoms with van der Waals surface area (Å²) in [7, 11) is 0. The predicted molar refractivity (Wildman–Crippen MR) is 69.1 cm³/mol. The first-order valence-corrected chi connectivity index (χ1v) is 7.22. The van der Waals surface area contributed by atoms with Crippen molar-refractivity contribution in [3.63, 3.8) is 0 Å². The maximum absolute atomic E-state index is 12.3. The molecule has 1 saturated heterocycles. The van der Waals surface area contributed by atoms with Crippen LogP contribution in [0, 0.1) is 0 Å². The van der Waals surface area contributed by atoms with E-state index in [-0.39, 0.29) is 5.91 Å². The molecule has 5 nitrogen and oxygen atoms in total. The van der Waals surface area contributed by atoms with Crippen LogP contribution in [0.1, 0.15) is 20.4 Å². The molecule has 0 unspecified atom stereocenters. The monoisotopic (exact) mass is 267 g/mol. The van der Waals surface area contributed by atoms with Crippen LogP contribution in [0.3, 0.4) is 0 Å². The van der Waals surface area contributed by atoms with Gasteiger partial charge in [-0.25, -0.2) is 4.98 Å². The molecule has 0 spiro atoms. The smallest absolute Gasteiger partial charge is 0.283 e. The fourth-order valence-corrected chi connectivity index (χ4v) is 3.38. The van der Waals surface area contributed by atoms with Crippen LogP contribution in [0.4, 0.5) is 0 Å². The minimum absolute atomic E-state index is 0.0735. The fourth-order valence-electron chi connectivity index (χ4n) is 2.30. The van der Waals surface area contributed by atoms with Crippen molar-refractivity contribution in [1.82, 2.24) is 15.2 Å². The summed E-state index contributed by atoms with van der Waals surface area (Å²) in [6.45, 7) is 4.60. The van der Waals surface area contributed by atoms with Gasteiger partial charge in [-0.3, -0.25) is 4.79 Å². The average molecular weight is 267 g/mol. The molecule has 0 radical (unpaired) electrons. The number of nitrogens with one attached hydrogen (secondary N) is 1. The SMILES string of the molecule is O=C(c1nc2c(s1)CCNCC2)N1CCOCC1. The topological polar surface area (TPSA) is 54.5 Å². The van der Waals surface area contributed by atoms with Gasteiger partial charge in [0.25, 0.3) is 5.91 Å². The lowest BCUT2D eigenvalue weighted by molar-refractivity contribution is 0.0302. The van der Waals surface area contributed by atoms with Crippen LogP contribution in [0.2, 0.25) is 0 Å². The normalized spacial score (nSPS) is 20.3. The van der Waals surface area contributed by atoms with E-state index in [9.17, 15) is 4.79 Å². The third-order valence-electron chi connectivity index (χ3n) is 3.33. The van der Waals surface area contributed by atoms with Gasteiger partial charge in [-0.2, -0.15) is 0 Å². The van der Waals surface area contributed by atoms with E-state index in [0.29, 0.717) is 31.3 Å². The summed E-state index contributed by atoms with van der Waals surface area (Å²) < 4.78 is 5.26. The molecule has 0 aromatic carbocycles. The van der Waals surface area contributed by atoms with Crippen molar-refractivity contribution in [2.75, 3.05) is 39.4 Å². The molecule has 0 aliphatic carbocycles. The summed E-state index contributed by atoms with van der Waals surface area (Å²) in [5, 5.41) is 4.00. The molecule has 18 heavy (non-hydrogen) atoms. The second-order valence-corrected chi connectivity index (χ2v) is 5.63. The molecular weight excluding hydrogens is 250 g/mol. The summed E-state index contributed by atoms with van der Waals surface area (Å²) in [5.74, 6) is 0.0735. The van der Waals surface area contributed by atoms with Crippen molar-refractivity contribution in [1.29, 1.82) is 0 Å². The molecular formula is C12H17N3O2S. The highest BCUT2D eigenvalue weighted by Gasteiger charge is 2.23. The highest BCUT2D eigenvalue weighted by Crippen LogP contribution is 2.22. The van der Waals surface area contributed by atoms with Crippen LogP contribution >= 0.6 is 11.3 Å². The first-order valence-electron chi connectivity index (χ1n) is 6.41. The molecule has 1 aromatic rings. The molecule has 3 rings (SSSR count). The van der Waals surface area contributed by atoms with E-state index in [4.69, 9.17) is 4.74 Å². The Morgan fingerprint density at radius 3 is 2.89 bits per heavy atom. The predicted octanol–water partition coefficient (Wildman–Crippen LogP) is 0.304. The number of aromatic nitrogens is 1. The highest BCUT2D eigenvalue weighted by atomic mass is 32.1. The highest BCUT2D eigenvalue weighted by molar-refractivity contribution is 7.13. The van der Waals surface area contributed by atoms with Crippen molar-refractivity contribution in [2.45, 2.75) is 12.8 Å². The maximum Gasteiger partial charge on any atom is 0.283 e. The number of fused-ring (bicyclic) bond motifs is 1.